The van der Waals surface area contributed by atoms with Gasteiger partial charge in [-0.15, -0.1) is 5.10 Å². The van der Waals surface area contributed by atoms with Gasteiger partial charge in [-0.1, -0.05) is 47.7 Å². The number of thiazole rings is 1. The molecule has 0 aliphatic carbocycles. The van der Waals surface area contributed by atoms with E-state index in [-0.39, 0.29) is 11.9 Å². The van der Waals surface area contributed by atoms with Gasteiger partial charge >= 0.3 is 0 Å². The van der Waals surface area contributed by atoms with Gasteiger partial charge in [0.1, 0.15) is 11.6 Å². The highest BCUT2D eigenvalue weighted by Gasteiger charge is 2.31. The smallest absolute Gasteiger partial charge is 0.230 e. The van der Waals surface area contributed by atoms with E-state index in [4.69, 9.17) is 4.74 Å². The molecule has 6 nitrogen and oxygen atoms in total. The van der Waals surface area contributed by atoms with Crippen molar-refractivity contribution in [3.8, 4) is 11.6 Å². The van der Waals surface area contributed by atoms with Crippen molar-refractivity contribution in [2.24, 2.45) is 0 Å². The van der Waals surface area contributed by atoms with E-state index in [1.54, 1.807) is 11.6 Å². The largest absolute Gasteiger partial charge is 0.497 e. The van der Waals surface area contributed by atoms with E-state index in [2.05, 4.69) is 51.4 Å². The van der Waals surface area contributed by atoms with Crippen molar-refractivity contribution in [2.75, 3.05) is 13.7 Å². The Balaban J connectivity index is 1.60. The number of rotatable bonds is 4. The maximum Gasteiger partial charge on any atom is 0.230 e. The molecular formula is C22H22N4O2S. The Kier molecular flexibility index (Phi) is 4.49. The quantitative estimate of drug-likeness (QED) is 0.556. The molecule has 0 spiro atoms. The molecule has 0 unspecified atom stereocenters. The van der Waals surface area contributed by atoms with Crippen LogP contribution in [0.1, 0.15) is 33.4 Å². The number of nitrogens with zero attached hydrogens (tertiary/aromatic N) is 4. The van der Waals surface area contributed by atoms with Crippen LogP contribution in [-0.2, 0) is 13.0 Å². The minimum absolute atomic E-state index is 0.0805. The first-order chi connectivity index (χ1) is 14.1. The van der Waals surface area contributed by atoms with E-state index in [1.165, 1.54) is 22.5 Å². The Morgan fingerprint density at radius 1 is 1.10 bits per heavy atom. The first-order valence-electron chi connectivity index (χ1n) is 9.64. The number of aryl methyl sites for hydroxylation is 1. The highest BCUT2D eigenvalue weighted by molar-refractivity contribution is 7.17. The topological polar surface area (TPSA) is 62.9 Å². The zero-order valence-corrected chi connectivity index (χ0v) is 17.2. The summed E-state index contributed by atoms with van der Waals surface area (Å²) in [5.74, 6) is 1.65. The standard InChI is InChI=1S/C22H22N4O2S/c1-14-23-22-26(24-14)21(27)20(29-22)19(16-7-9-18(28-2)10-8-16)25-12-11-15-5-3-4-6-17(15)13-25/h3-10,19,27H,11-13H2,1-2H3/t19-/m0/s1. The molecule has 1 aliphatic rings. The second-order valence-electron chi connectivity index (χ2n) is 7.31. The van der Waals surface area contributed by atoms with Gasteiger partial charge < -0.3 is 9.84 Å². The van der Waals surface area contributed by atoms with Crippen LogP contribution in [0.5, 0.6) is 11.6 Å². The molecule has 7 heteroatoms. The third-order valence-electron chi connectivity index (χ3n) is 5.51. The van der Waals surface area contributed by atoms with Crippen LogP contribution in [0.3, 0.4) is 0 Å². The number of hydrogen-bond acceptors (Lipinski definition) is 6. The molecule has 0 saturated carbocycles. The van der Waals surface area contributed by atoms with Gasteiger partial charge in [0.15, 0.2) is 0 Å². The molecule has 4 aromatic rings. The summed E-state index contributed by atoms with van der Waals surface area (Å²) in [5.41, 5.74) is 3.86. The van der Waals surface area contributed by atoms with Gasteiger partial charge in [0.2, 0.25) is 10.8 Å². The molecular weight excluding hydrogens is 384 g/mol. The van der Waals surface area contributed by atoms with E-state index in [0.717, 1.165) is 35.7 Å². The van der Waals surface area contributed by atoms with Gasteiger partial charge in [-0.25, -0.2) is 4.98 Å². The zero-order valence-electron chi connectivity index (χ0n) is 16.4. The minimum Gasteiger partial charge on any atom is -0.497 e. The summed E-state index contributed by atoms with van der Waals surface area (Å²) >= 11 is 1.50. The Morgan fingerprint density at radius 3 is 2.59 bits per heavy atom. The maximum atomic E-state index is 11.0. The molecule has 29 heavy (non-hydrogen) atoms. The maximum absolute atomic E-state index is 11.0. The number of methoxy groups -OCH3 is 1. The van der Waals surface area contributed by atoms with Gasteiger partial charge in [-0.3, -0.25) is 4.90 Å². The van der Waals surface area contributed by atoms with Gasteiger partial charge in [0.25, 0.3) is 0 Å². The number of ether oxygens (including phenoxy) is 1. The van der Waals surface area contributed by atoms with Crippen molar-refractivity contribution in [3.63, 3.8) is 0 Å². The number of fused-ring (bicyclic) bond motifs is 2. The highest BCUT2D eigenvalue weighted by atomic mass is 32.1. The molecule has 5 rings (SSSR count). The highest BCUT2D eigenvalue weighted by Crippen LogP contribution is 2.41. The molecule has 0 saturated heterocycles. The predicted molar refractivity (Wildman–Crippen MR) is 113 cm³/mol. The van der Waals surface area contributed by atoms with Crippen molar-refractivity contribution in [3.05, 3.63) is 75.9 Å². The first kappa shape index (κ1) is 18.1. The van der Waals surface area contributed by atoms with Gasteiger partial charge in [0, 0.05) is 13.1 Å². The van der Waals surface area contributed by atoms with E-state index in [0.29, 0.717) is 10.8 Å². The van der Waals surface area contributed by atoms with Gasteiger partial charge in [0.05, 0.1) is 18.0 Å². The Hall–Kier alpha value is -2.90. The second kappa shape index (κ2) is 7.17. The van der Waals surface area contributed by atoms with Gasteiger partial charge in [-0.2, -0.15) is 4.52 Å². The zero-order chi connectivity index (χ0) is 20.0. The number of hydrogen-bond donors (Lipinski definition) is 1. The Morgan fingerprint density at radius 2 is 1.86 bits per heavy atom. The van der Waals surface area contributed by atoms with Crippen molar-refractivity contribution >= 4 is 16.3 Å². The average molecular weight is 407 g/mol. The van der Waals surface area contributed by atoms with Crippen molar-refractivity contribution in [1.29, 1.82) is 0 Å². The van der Waals surface area contributed by atoms with Crippen LogP contribution in [0, 0.1) is 6.92 Å². The van der Waals surface area contributed by atoms with Crippen LogP contribution in [0.4, 0.5) is 0 Å². The molecule has 2 aromatic carbocycles. The minimum atomic E-state index is -0.0805. The van der Waals surface area contributed by atoms with Crippen LogP contribution in [0.25, 0.3) is 4.96 Å². The summed E-state index contributed by atoms with van der Waals surface area (Å²) in [7, 11) is 1.67. The van der Waals surface area contributed by atoms with E-state index in [9.17, 15) is 5.11 Å². The van der Waals surface area contributed by atoms with Crippen LogP contribution < -0.4 is 4.74 Å². The Bertz CT molecular complexity index is 1170. The summed E-state index contributed by atoms with van der Waals surface area (Å²) in [6, 6.07) is 16.6. The normalized spacial score (nSPS) is 15.4. The third-order valence-corrected chi connectivity index (χ3v) is 6.58. The van der Waals surface area contributed by atoms with Crippen LogP contribution >= 0.6 is 11.3 Å². The Labute approximate surface area is 173 Å². The lowest BCUT2D eigenvalue weighted by Gasteiger charge is -2.35. The van der Waals surface area contributed by atoms with E-state index in [1.807, 2.05) is 19.1 Å². The lowest BCUT2D eigenvalue weighted by molar-refractivity contribution is 0.205. The number of aromatic nitrogens is 3. The fourth-order valence-electron chi connectivity index (χ4n) is 4.08. The molecule has 1 N–H and O–H groups in total. The molecule has 3 heterocycles. The fraction of sp³-hybridized carbons (Fsp3) is 0.273. The van der Waals surface area contributed by atoms with Crippen LogP contribution in [0.15, 0.2) is 48.5 Å². The second-order valence-corrected chi connectivity index (χ2v) is 8.32. The molecule has 0 bridgehead atoms. The fourth-order valence-corrected chi connectivity index (χ4v) is 5.24. The summed E-state index contributed by atoms with van der Waals surface area (Å²) in [5, 5.41) is 15.3. The lowest BCUT2D eigenvalue weighted by Crippen LogP contribution is -2.34. The summed E-state index contributed by atoms with van der Waals surface area (Å²) < 4.78 is 6.88. The van der Waals surface area contributed by atoms with Crippen molar-refractivity contribution < 1.29 is 9.84 Å². The summed E-state index contributed by atoms with van der Waals surface area (Å²) in [4.78, 5) is 8.45. The molecule has 1 atom stereocenters. The molecule has 0 radical (unpaired) electrons. The van der Waals surface area contributed by atoms with E-state index < -0.39 is 0 Å². The van der Waals surface area contributed by atoms with Crippen molar-refractivity contribution in [2.45, 2.75) is 25.9 Å². The van der Waals surface area contributed by atoms with Crippen molar-refractivity contribution in [1.82, 2.24) is 19.5 Å². The molecule has 2 aromatic heterocycles. The number of benzene rings is 2. The molecule has 148 valence electrons. The van der Waals surface area contributed by atoms with Crippen LogP contribution in [-0.4, -0.2) is 38.3 Å². The molecule has 0 amide bonds. The monoisotopic (exact) mass is 406 g/mol. The summed E-state index contributed by atoms with van der Waals surface area (Å²) in [6.07, 6.45) is 0.990. The number of aromatic hydroxyl groups is 1. The third kappa shape index (κ3) is 3.16. The predicted octanol–water partition coefficient (Wildman–Crippen LogP) is 3.96. The van der Waals surface area contributed by atoms with Crippen LogP contribution in [0.2, 0.25) is 0 Å². The average Bonchev–Trinajstić information content (AvgIpc) is 3.26. The lowest BCUT2D eigenvalue weighted by atomic mass is 9.95. The van der Waals surface area contributed by atoms with E-state index >= 15 is 0 Å². The summed E-state index contributed by atoms with van der Waals surface area (Å²) in [6.45, 7) is 3.58. The molecule has 0 fully saturated rings. The molecule has 1 aliphatic heterocycles. The SMILES string of the molecule is COc1ccc([C@@H](c2sc3nc(C)nn3c2O)N2CCc3ccccc3C2)cc1. The van der Waals surface area contributed by atoms with Gasteiger partial charge in [-0.05, 0) is 42.2 Å². The first-order valence-corrected chi connectivity index (χ1v) is 10.5.